The van der Waals surface area contributed by atoms with Gasteiger partial charge in [0.1, 0.15) is 5.76 Å². The Balaban J connectivity index is 1.85. The van der Waals surface area contributed by atoms with Crippen molar-refractivity contribution < 1.29 is 17.6 Å². The summed E-state index contributed by atoms with van der Waals surface area (Å²) in [5.74, 6) is 0.285. The molecular formula is C17H14ClNO4S2. The molecule has 0 radical (unpaired) electrons. The Labute approximate surface area is 154 Å². The van der Waals surface area contributed by atoms with Gasteiger partial charge in [-0.1, -0.05) is 11.6 Å². The zero-order valence-electron chi connectivity index (χ0n) is 13.2. The Kier molecular flexibility index (Phi) is 4.99. The lowest BCUT2D eigenvalue weighted by Crippen LogP contribution is -2.22. The summed E-state index contributed by atoms with van der Waals surface area (Å²) in [5, 5.41) is 4.66. The number of thiophene rings is 1. The fourth-order valence-corrected chi connectivity index (χ4v) is 5.25. The van der Waals surface area contributed by atoms with Gasteiger partial charge in [-0.15, -0.1) is 11.3 Å². The van der Waals surface area contributed by atoms with Crippen LogP contribution in [0.4, 0.5) is 0 Å². The molecule has 2 aromatic heterocycles. The third kappa shape index (κ3) is 3.63. The molecule has 8 heteroatoms. The Morgan fingerprint density at radius 1 is 1.24 bits per heavy atom. The van der Waals surface area contributed by atoms with Crippen LogP contribution in [0.25, 0.3) is 0 Å². The average Bonchev–Trinajstić information content (AvgIpc) is 3.22. The van der Waals surface area contributed by atoms with E-state index in [9.17, 15) is 13.2 Å². The minimum atomic E-state index is -3.70. The van der Waals surface area contributed by atoms with Crippen molar-refractivity contribution in [3.63, 3.8) is 0 Å². The Hall–Kier alpha value is -2.09. The molecule has 1 N–H and O–H groups in total. The minimum Gasteiger partial charge on any atom is -0.467 e. The van der Waals surface area contributed by atoms with Crippen molar-refractivity contribution in [2.75, 3.05) is 0 Å². The zero-order chi connectivity index (χ0) is 18.0. The molecule has 25 heavy (non-hydrogen) atoms. The summed E-state index contributed by atoms with van der Waals surface area (Å²) in [6.07, 6.45) is 1.52. The molecule has 0 aliphatic heterocycles. The largest absolute Gasteiger partial charge is 0.467 e. The van der Waals surface area contributed by atoms with Crippen molar-refractivity contribution in [1.29, 1.82) is 0 Å². The molecule has 0 aliphatic carbocycles. The number of halogens is 1. The van der Waals surface area contributed by atoms with Crippen LogP contribution in [0, 0.1) is 6.92 Å². The number of nitrogens with one attached hydrogen (secondary N) is 1. The number of furan rings is 1. The standard InChI is InChI=1S/C17H14ClNO4S2/c1-11-15(25(21,22)14-6-4-12(18)5-7-14)10-24-16(11)17(20)19-9-13-3-2-8-23-13/h2-8,10H,9H2,1H3,(H,19,20). The second kappa shape index (κ2) is 7.03. The minimum absolute atomic E-state index is 0.128. The van der Waals surface area contributed by atoms with Crippen molar-refractivity contribution in [2.45, 2.75) is 23.3 Å². The van der Waals surface area contributed by atoms with Gasteiger partial charge in [0.15, 0.2) is 0 Å². The van der Waals surface area contributed by atoms with E-state index < -0.39 is 9.84 Å². The first kappa shape index (κ1) is 17.7. The van der Waals surface area contributed by atoms with Gasteiger partial charge in [0.2, 0.25) is 9.84 Å². The van der Waals surface area contributed by atoms with Crippen LogP contribution < -0.4 is 5.32 Å². The van der Waals surface area contributed by atoms with E-state index in [0.29, 0.717) is 21.2 Å². The molecule has 0 saturated heterocycles. The van der Waals surface area contributed by atoms with Gasteiger partial charge in [0, 0.05) is 10.4 Å². The lowest BCUT2D eigenvalue weighted by molar-refractivity contribution is 0.0951. The number of carbonyl (C=O) groups excluding carboxylic acids is 1. The van der Waals surface area contributed by atoms with Gasteiger partial charge in [-0.05, 0) is 48.9 Å². The second-order valence-electron chi connectivity index (χ2n) is 5.27. The highest BCUT2D eigenvalue weighted by atomic mass is 35.5. The summed E-state index contributed by atoms with van der Waals surface area (Å²) in [5.41, 5.74) is 0.428. The summed E-state index contributed by atoms with van der Waals surface area (Å²) in [6.45, 7) is 1.86. The van der Waals surface area contributed by atoms with E-state index in [2.05, 4.69) is 5.32 Å². The summed E-state index contributed by atoms with van der Waals surface area (Å²) < 4.78 is 30.7. The molecule has 3 aromatic rings. The van der Waals surface area contributed by atoms with E-state index >= 15 is 0 Å². The maximum absolute atomic E-state index is 12.8. The van der Waals surface area contributed by atoms with Crippen molar-refractivity contribution >= 4 is 38.7 Å². The van der Waals surface area contributed by atoms with E-state index in [1.165, 1.54) is 35.9 Å². The SMILES string of the molecule is Cc1c(S(=O)(=O)c2ccc(Cl)cc2)csc1C(=O)NCc1ccco1. The van der Waals surface area contributed by atoms with Crippen LogP contribution in [-0.4, -0.2) is 14.3 Å². The van der Waals surface area contributed by atoms with Gasteiger partial charge < -0.3 is 9.73 Å². The molecule has 0 bridgehead atoms. The second-order valence-corrected chi connectivity index (χ2v) is 8.51. The average molecular weight is 396 g/mol. The van der Waals surface area contributed by atoms with Crippen molar-refractivity contribution in [3.8, 4) is 0 Å². The van der Waals surface area contributed by atoms with Gasteiger partial charge in [-0.2, -0.15) is 0 Å². The topological polar surface area (TPSA) is 76.4 Å². The molecule has 5 nitrogen and oxygen atoms in total. The number of carbonyl (C=O) groups is 1. The number of hydrogen-bond donors (Lipinski definition) is 1. The molecule has 1 aromatic carbocycles. The van der Waals surface area contributed by atoms with Gasteiger partial charge in [-0.25, -0.2) is 8.42 Å². The van der Waals surface area contributed by atoms with Gasteiger partial charge in [-0.3, -0.25) is 4.79 Å². The van der Waals surface area contributed by atoms with Gasteiger partial charge in [0.25, 0.3) is 5.91 Å². The maximum Gasteiger partial charge on any atom is 0.262 e. The summed E-state index contributed by atoms with van der Waals surface area (Å²) in [7, 11) is -3.70. The monoisotopic (exact) mass is 395 g/mol. The number of amides is 1. The molecule has 3 rings (SSSR count). The molecule has 0 aliphatic rings. The van der Waals surface area contributed by atoms with Crippen LogP contribution in [0.1, 0.15) is 21.0 Å². The fourth-order valence-electron chi connectivity index (χ4n) is 2.29. The molecule has 0 saturated carbocycles. The molecule has 1 amide bonds. The number of rotatable bonds is 5. The van der Waals surface area contributed by atoms with E-state index in [-0.39, 0.29) is 22.2 Å². The van der Waals surface area contributed by atoms with Gasteiger partial charge in [0.05, 0.1) is 27.5 Å². The predicted octanol–water partition coefficient (Wildman–Crippen LogP) is 4.07. The highest BCUT2D eigenvalue weighted by Crippen LogP contribution is 2.31. The van der Waals surface area contributed by atoms with Crippen LogP contribution in [0.5, 0.6) is 0 Å². The first-order valence-electron chi connectivity index (χ1n) is 7.29. The van der Waals surface area contributed by atoms with Crippen LogP contribution >= 0.6 is 22.9 Å². The molecular weight excluding hydrogens is 382 g/mol. The molecule has 0 fully saturated rings. The molecule has 0 atom stereocenters. The normalized spacial score (nSPS) is 11.4. The molecule has 0 spiro atoms. The quantitative estimate of drug-likeness (QED) is 0.706. The van der Waals surface area contributed by atoms with E-state index in [1.54, 1.807) is 19.1 Å². The van der Waals surface area contributed by atoms with E-state index in [1.807, 2.05) is 0 Å². The summed E-state index contributed by atoms with van der Waals surface area (Å²) in [6, 6.07) is 9.42. The van der Waals surface area contributed by atoms with Crippen LogP contribution in [0.15, 0.2) is 62.2 Å². The third-order valence-corrected chi connectivity index (χ3v) is 6.99. The Morgan fingerprint density at radius 2 is 1.96 bits per heavy atom. The zero-order valence-corrected chi connectivity index (χ0v) is 15.5. The van der Waals surface area contributed by atoms with E-state index in [0.717, 1.165) is 11.3 Å². The first-order chi connectivity index (χ1) is 11.9. The third-order valence-electron chi connectivity index (χ3n) is 3.62. The van der Waals surface area contributed by atoms with Crippen LogP contribution in [-0.2, 0) is 16.4 Å². The predicted molar refractivity (Wildman–Crippen MR) is 95.8 cm³/mol. The van der Waals surface area contributed by atoms with Gasteiger partial charge >= 0.3 is 0 Å². The van der Waals surface area contributed by atoms with Crippen LogP contribution in [0.2, 0.25) is 5.02 Å². The number of sulfone groups is 1. The summed E-state index contributed by atoms with van der Waals surface area (Å²) in [4.78, 5) is 13.0. The molecule has 130 valence electrons. The van der Waals surface area contributed by atoms with Crippen molar-refractivity contribution in [1.82, 2.24) is 5.32 Å². The number of hydrogen-bond acceptors (Lipinski definition) is 5. The maximum atomic E-state index is 12.8. The lowest BCUT2D eigenvalue weighted by atomic mass is 10.3. The van der Waals surface area contributed by atoms with Crippen LogP contribution in [0.3, 0.4) is 0 Å². The fraction of sp³-hybridized carbons (Fsp3) is 0.118. The highest BCUT2D eigenvalue weighted by Gasteiger charge is 2.25. The van der Waals surface area contributed by atoms with Crippen molar-refractivity contribution in [3.05, 3.63) is 69.3 Å². The summed E-state index contributed by atoms with van der Waals surface area (Å²) >= 11 is 6.91. The number of benzene rings is 1. The first-order valence-corrected chi connectivity index (χ1v) is 10.0. The smallest absolute Gasteiger partial charge is 0.262 e. The molecule has 2 heterocycles. The Bertz CT molecular complexity index is 990. The van der Waals surface area contributed by atoms with Crippen molar-refractivity contribution in [2.24, 2.45) is 0 Å². The highest BCUT2D eigenvalue weighted by molar-refractivity contribution is 7.91. The lowest BCUT2D eigenvalue weighted by Gasteiger charge is -2.06. The van der Waals surface area contributed by atoms with E-state index in [4.69, 9.17) is 16.0 Å². The Morgan fingerprint density at radius 3 is 2.60 bits per heavy atom. The molecule has 0 unspecified atom stereocenters.